The van der Waals surface area contributed by atoms with Crippen LogP contribution in [0, 0.1) is 0 Å². The van der Waals surface area contributed by atoms with Gasteiger partial charge in [0.05, 0.1) is 18.6 Å². The van der Waals surface area contributed by atoms with Crippen LogP contribution in [0.3, 0.4) is 0 Å². The number of nitrogens with one attached hydrogen (secondary N) is 2. The van der Waals surface area contributed by atoms with Crippen molar-refractivity contribution in [3.8, 4) is 0 Å². The van der Waals surface area contributed by atoms with Gasteiger partial charge in [0.15, 0.2) is 0 Å². The number of benzene rings is 1. The highest BCUT2D eigenvalue weighted by Gasteiger charge is 2.31. The fraction of sp³-hybridized carbons (Fsp3) is 0.400. The number of aliphatic hydroxyl groups excluding tert-OH is 1. The summed E-state index contributed by atoms with van der Waals surface area (Å²) in [7, 11) is 1.76. The first-order chi connectivity index (χ1) is 9.66. The van der Waals surface area contributed by atoms with Crippen LogP contribution < -0.4 is 5.32 Å². The Morgan fingerprint density at radius 2 is 2.20 bits per heavy atom. The molecule has 20 heavy (non-hydrogen) atoms. The predicted molar refractivity (Wildman–Crippen MR) is 77.4 cm³/mol. The summed E-state index contributed by atoms with van der Waals surface area (Å²) in [4.78, 5) is 17.2. The molecule has 2 aromatic rings. The standard InChI is InChI=1S/C15H19N3O2/c1-18(13-8-16-9-14(13)19)15(20)6-10-7-17-12-5-3-2-4-11(10)12/h2-5,7,13-14,16-17,19H,6,8-9H2,1H3/t13-,14-/m0/s1. The van der Waals surface area contributed by atoms with Gasteiger partial charge in [-0.25, -0.2) is 0 Å². The molecule has 3 N–H and O–H groups in total. The quantitative estimate of drug-likeness (QED) is 0.763. The third-order valence-corrected chi connectivity index (χ3v) is 4.06. The highest BCUT2D eigenvalue weighted by molar-refractivity contribution is 5.88. The van der Waals surface area contributed by atoms with E-state index in [1.807, 2.05) is 30.5 Å². The highest BCUT2D eigenvalue weighted by atomic mass is 16.3. The number of nitrogens with zero attached hydrogens (tertiary/aromatic N) is 1. The van der Waals surface area contributed by atoms with Crippen molar-refractivity contribution in [3.63, 3.8) is 0 Å². The molecule has 2 heterocycles. The van der Waals surface area contributed by atoms with Crippen molar-refractivity contribution in [1.29, 1.82) is 0 Å². The number of amides is 1. The molecule has 0 radical (unpaired) electrons. The lowest BCUT2D eigenvalue weighted by molar-refractivity contribution is -0.132. The first-order valence-corrected chi connectivity index (χ1v) is 6.86. The highest BCUT2D eigenvalue weighted by Crippen LogP contribution is 2.19. The van der Waals surface area contributed by atoms with E-state index in [1.54, 1.807) is 11.9 Å². The zero-order valence-corrected chi connectivity index (χ0v) is 11.5. The first kappa shape index (κ1) is 13.1. The molecule has 106 valence electrons. The van der Waals surface area contributed by atoms with Crippen molar-refractivity contribution < 1.29 is 9.90 Å². The summed E-state index contributed by atoms with van der Waals surface area (Å²) in [5, 5.41) is 14.0. The second-order valence-electron chi connectivity index (χ2n) is 5.33. The van der Waals surface area contributed by atoms with E-state index in [1.165, 1.54) is 0 Å². The molecule has 5 nitrogen and oxygen atoms in total. The number of hydrogen-bond acceptors (Lipinski definition) is 3. The van der Waals surface area contributed by atoms with Gasteiger partial charge < -0.3 is 20.3 Å². The molecule has 1 saturated heterocycles. The topological polar surface area (TPSA) is 68.4 Å². The summed E-state index contributed by atoms with van der Waals surface area (Å²) in [6.07, 6.45) is 1.76. The van der Waals surface area contributed by atoms with E-state index in [9.17, 15) is 9.90 Å². The van der Waals surface area contributed by atoms with Gasteiger partial charge in [0.2, 0.25) is 5.91 Å². The molecule has 1 aliphatic heterocycles. The van der Waals surface area contributed by atoms with Crippen LogP contribution in [0.15, 0.2) is 30.5 Å². The fourth-order valence-corrected chi connectivity index (χ4v) is 2.80. The van der Waals surface area contributed by atoms with Crippen LogP contribution in [0.4, 0.5) is 0 Å². The predicted octanol–water partition coefficient (Wildman–Crippen LogP) is 0.501. The number of aromatic nitrogens is 1. The van der Waals surface area contributed by atoms with Crippen LogP contribution in [-0.2, 0) is 11.2 Å². The summed E-state index contributed by atoms with van der Waals surface area (Å²) in [5.41, 5.74) is 2.04. The van der Waals surface area contributed by atoms with Gasteiger partial charge in [0.25, 0.3) is 0 Å². The van der Waals surface area contributed by atoms with Gasteiger partial charge in [-0.05, 0) is 11.6 Å². The Bertz CT molecular complexity index is 622. The van der Waals surface area contributed by atoms with Crippen molar-refractivity contribution in [2.75, 3.05) is 20.1 Å². The second kappa shape index (κ2) is 5.26. The van der Waals surface area contributed by atoms with Gasteiger partial charge in [-0.2, -0.15) is 0 Å². The Kier molecular flexibility index (Phi) is 3.46. The fourth-order valence-electron chi connectivity index (χ4n) is 2.80. The van der Waals surface area contributed by atoms with Crippen LogP contribution in [0.1, 0.15) is 5.56 Å². The summed E-state index contributed by atoms with van der Waals surface area (Å²) in [6.45, 7) is 1.20. The summed E-state index contributed by atoms with van der Waals surface area (Å²) < 4.78 is 0. The summed E-state index contributed by atoms with van der Waals surface area (Å²) >= 11 is 0. The number of likely N-dealkylation sites (N-methyl/N-ethyl adjacent to an activating group) is 1. The number of H-pyrrole nitrogens is 1. The molecule has 1 amide bonds. The summed E-state index contributed by atoms with van der Waals surface area (Å²) in [5.74, 6) is 0.0301. The molecule has 1 aliphatic rings. The molecule has 0 aliphatic carbocycles. The van der Waals surface area contributed by atoms with E-state index >= 15 is 0 Å². The lowest BCUT2D eigenvalue weighted by Gasteiger charge is -2.26. The maximum atomic E-state index is 12.4. The lowest BCUT2D eigenvalue weighted by atomic mass is 10.1. The van der Waals surface area contributed by atoms with Crippen LogP contribution in [-0.4, -0.2) is 53.2 Å². The van der Waals surface area contributed by atoms with E-state index in [0.717, 1.165) is 16.5 Å². The van der Waals surface area contributed by atoms with Gasteiger partial charge in [0.1, 0.15) is 0 Å². The number of rotatable bonds is 3. The van der Waals surface area contributed by atoms with Crippen molar-refractivity contribution in [3.05, 3.63) is 36.0 Å². The van der Waals surface area contributed by atoms with E-state index in [4.69, 9.17) is 0 Å². The summed E-state index contributed by atoms with van der Waals surface area (Å²) in [6, 6.07) is 7.82. The normalized spacial score (nSPS) is 22.3. The molecular formula is C15H19N3O2. The van der Waals surface area contributed by atoms with Crippen LogP contribution in [0.5, 0.6) is 0 Å². The maximum Gasteiger partial charge on any atom is 0.227 e. The number of aliphatic hydroxyl groups is 1. The number of carbonyl (C=O) groups excluding carboxylic acids is 1. The Labute approximate surface area is 117 Å². The Morgan fingerprint density at radius 3 is 2.95 bits per heavy atom. The maximum absolute atomic E-state index is 12.4. The van der Waals surface area contributed by atoms with Gasteiger partial charge in [-0.15, -0.1) is 0 Å². The molecular weight excluding hydrogens is 254 g/mol. The van der Waals surface area contributed by atoms with Gasteiger partial charge in [0, 0.05) is 37.2 Å². The number of fused-ring (bicyclic) bond motifs is 1. The Balaban J connectivity index is 1.75. The molecule has 0 bridgehead atoms. The average Bonchev–Trinajstić information content (AvgIpc) is 3.05. The monoisotopic (exact) mass is 273 g/mol. The number of aromatic amines is 1. The molecule has 5 heteroatoms. The second-order valence-corrected chi connectivity index (χ2v) is 5.33. The third kappa shape index (κ3) is 2.30. The molecule has 1 aromatic heterocycles. The largest absolute Gasteiger partial charge is 0.390 e. The smallest absolute Gasteiger partial charge is 0.227 e. The number of para-hydroxylation sites is 1. The van der Waals surface area contributed by atoms with Crippen molar-refractivity contribution >= 4 is 16.8 Å². The molecule has 2 atom stereocenters. The molecule has 1 fully saturated rings. The minimum absolute atomic E-state index is 0.0301. The van der Waals surface area contributed by atoms with Crippen LogP contribution >= 0.6 is 0 Å². The average molecular weight is 273 g/mol. The minimum Gasteiger partial charge on any atom is -0.390 e. The third-order valence-electron chi connectivity index (χ3n) is 4.06. The Hall–Kier alpha value is -1.85. The van der Waals surface area contributed by atoms with E-state index in [0.29, 0.717) is 19.5 Å². The van der Waals surface area contributed by atoms with Crippen molar-refractivity contribution in [2.24, 2.45) is 0 Å². The Morgan fingerprint density at radius 1 is 1.40 bits per heavy atom. The first-order valence-electron chi connectivity index (χ1n) is 6.86. The molecule has 0 saturated carbocycles. The minimum atomic E-state index is -0.480. The number of carbonyl (C=O) groups is 1. The molecule has 0 spiro atoms. The van der Waals surface area contributed by atoms with E-state index in [2.05, 4.69) is 10.3 Å². The van der Waals surface area contributed by atoms with Gasteiger partial charge in [-0.3, -0.25) is 4.79 Å². The van der Waals surface area contributed by atoms with Crippen LogP contribution in [0.25, 0.3) is 10.9 Å². The van der Waals surface area contributed by atoms with Gasteiger partial charge in [-0.1, -0.05) is 18.2 Å². The molecule has 3 rings (SSSR count). The zero-order valence-electron chi connectivity index (χ0n) is 11.5. The number of β-amino-alcohol motifs (C(OH)–C–C–N with tert-alkyl or cyclic N) is 1. The van der Waals surface area contributed by atoms with Crippen molar-refractivity contribution in [1.82, 2.24) is 15.2 Å². The van der Waals surface area contributed by atoms with Gasteiger partial charge >= 0.3 is 0 Å². The molecule has 1 aromatic carbocycles. The lowest BCUT2D eigenvalue weighted by Crippen LogP contribution is -2.44. The van der Waals surface area contributed by atoms with Crippen LogP contribution in [0.2, 0.25) is 0 Å². The molecule has 0 unspecified atom stereocenters. The van der Waals surface area contributed by atoms with E-state index in [-0.39, 0.29) is 11.9 Å². The zero-order chi connectivity index (χ0) is 14.1. The van der Waals surface area contributed by atoms with Crippen molar-refractivity contribution in [2.45, 2.75) is 18.6 Å². The van der Waals surface area contributed by atoms with E-state index < -0.39 is 6.10 Å². The SMILES string of the molecule is CN(C(=O)Cc1c[nH]c2ccccc12)[C@H]1CNC[C@@H]1O. The number of hydrogen-bond donors (Lipinski definition) is 3.